The van der Waals surface area contributed by atoms with E-state index in [0.717, 1.165) is 37.7 Å². The van der Waals surface area contributed by atoms with Gasteiger partial charge in [-0.3, -0.25) is 0 Å². The summed E-state index contributed by atoms with van der Waals surface area (Å²) in [6.45, 7) is 0. The predicted octanol–water partition coefficient (Wildman–Crippen LogP) is 7.36. The standard InChI is InChI=1S/C14H14O2.C7H7IO.C7H8O.Zn/c1-15-13-9-5-3-7-11(13)12-8-4-6-10-14(12)16-2;1-9-7-5-3-2-4-6(7)8;1-8-7-5-3-2-4-6-7;/h3-10H,1-2H3;2-5H,1H3;2-6H,1H3;. The third kappa shape index (κ3) is 9.36. The fourth-order valence-electron chi connectivity index (χ4n) is 2.90. The second-order valence-electron chi connectivity index (χ2n) is 6.55. The van der Waals surface area contributed by atoms with Gasteiger partial charge in [-0.25, -0.2) is 0 Å². The Morgan fingerprint density at radius 2 is 0.824 bits per heavy atom. The van der Waals surface area contributed by atoms with Crippen molar-refractivity contribution in [3.8, 4) is 34.1 Å². The van der Waals surface area contributed by atoms with E-state index in [9.17, 15) is 0 Å². The topological polar surface area (TPSA) is 36.9 Å². The molecule has 34 heavy (non-hydrogen) atoms. The van der Waals surface area contributed by atoms with Gasteiger partial charge in [0.05, 0.1) is 32.0 Å². The van der Waals surface area contributed by atoms with Gasteiger partial charge in [0.15, 0.2) is 0 Å². The van der Waals surface area contributed by atoms with Crippen LogP contribution in [0.1, 0.15) is 0 Å². The van der Waals surface area contributed by atoms with Gasteiger partial charge in [-0.15, -0.1) is 0 Å². The van der Waals surface area contributed by atoms with Gasteiger partial charge >= 0.3 is 0 Å². The molecule has 174 valence electrons. The van der Waals surface area contributed by atoms with E-state index in [1.54, 1.807) is 28.4 Å². The van der Waals surface area contributed by atoms with Crippen LogP contribution < -0.4 is 18.9 Å². The molecule has 0 fully saturated rings. The van der Waals surface area contributed by atoms with Crippen molar-refractivity contribution in [2.24, 2.45) is 0 Å². The van der Waals surface area contributed by atoms with Gasteiger partial charge in [-0.05, 0) is 59.0 Å². The summed E-state index contributed by atoms with van der Waals surface area (Å²) in [5.74, 6) is 3.56. The number of benzene rings is 4. The van der Waals surface area contributed by atoms with E-state index in [0.29, 0.717) is 0 Å². The van der Waals surface area contributed by atoms with Crippen LogP contribution >= 0.6 is 22.6 Å². The Balaban J connectivity index is 0.000000274. The molecule has 0 saturated heterocycles. The Hall–Kier alpha value is -2.57. The fourth-order valence-corrected chi connectivity index (χ4v) is 3.51. The molecule has 4 aromatic rings. The number of halogens is 1. The first-order valence-electron chi connectivity index (χ1n) is 10.3. The summed E-state index contributed by atoms with van der Waals surface area (Å²) >= 11 is 2.24. The zero-order chi connectivity index (χ0) is 23.9. The molecular formula is C28H29IO4Zn. The second-order valence-corrected chi connectivity index (χ2v) is 7.71. The number of rotatable bonds is 5. The molecule has 0 amide bonds. The van der Waals surface area contributed by atoms with Crippen molar-refractivity contribution in [1.29, 1.82) is 0 Å². The minimum atomic E-state index is 0. The quantitative estimate of drug-likeness (QED) is 0.172. The molecule has 0 aliphatic heterocycles. The Morgan fingerprint density at radius 3 is 1.18 bits per heavy atom. The van der Waals surface area contributed by atoms with Crippen LogP contribution in [-0.4, -0.2) is 28.4 Å². The summed E-state index contributed by atoms with van der Waals surface area (Å²) in [5.41, 5.74) is 2.09. The zero-order valence-corrected chi connectivity index (χ0v) is 25.2. The third-order valence-corrected chi connectivity index (χ3v) is 5.43. The van der Waals surface area contributed by atoms with Crippen LogP contribution in [0, 0.1) is 3.57 Å². The SMILES string of the molecule is COc1ccccc1.COc1ccccc1-c1ccccc1OC.COc1ccccc1I.[Zn]. The van der Waals surface area contributed by atoms with E-state index in [1.807, 2.05) is 103 Å². The number of hydrogen-bond acceptors (Lipinski definition) is 4. The first kappa shape index (κ1) is 29.5. The van der Waals surface area contributed by atoms with Gasteiger partial charge < -0.3 is 18.9 Å². The van der Waals surface area contributed by atoms with Gasteiger partial charge in [0.1, 0.15) is 23.0 Å². The van der Waals surface area contributed by atoms with Crippen LogP contribution in [0.15, 0.2) is 103 Å². The smallest absolute Gasteiger partial charge is 0.132 e. The van der Waals surface area contributed by atoms with Crippen molar-refractivity contribution in [3.63, 3.8) is 0 Å². The molecule has 4 rings (SSSR count). The van der Waals surface area contributed by atoms with Crippen molar-refractivity contribution < 1.29 is 38.4 Å². The first-order chi connectivity index (χ1) is 16.1. The molecule has 6 heteroatoms. The molecule has 0 aliphatic rings. The van der Waals surface area contributed by atoms with E-state index in [2.05, 4.69) is 22.6 Å². The van der Waals surface area contributed by atoms with Gasteiger partial charge in [0, 0.05) is 30.6 Å². The normalized spacial score (nSPS) is 9.09. The minimum Gasteiger partial charge on any atom is -0.497 e. The van der Waals surface area contributed by atoms with Crippen LogP contribution in [0.5, 0.6) is 23.0 Å². The molecule has 0 saturated carbocycles. The zero-order valence-electron chi connectivity index (χ0n) is 20.0. The molecule has 0 aromatic heterocycles. The largest absolute Gasteiger partial charge is 0.497 e. The van der Waals surface area contributed by atoms with Gasteiger partial charge in [-0.1, -0.05) is 66.7 Å². The molecule has 4 nitrogen and oxygen atoms in total. The van der Waals surface area contributed by atoms with Crippen molar-refractivity contribution in [1.82, 2.24) is 0 Å². The Morgan fingerprint density at radius 1 is 0.441 bits per heavy atom. The van der Waals surface area contributed by atoms with Gasteiger partial charge in [0.25, 0.3) is 0 Å². The monoisotopic (exact) mass is 620 g/mol. The van der Waals surface area contributed by atoms with E-state index in [-0.39, 0.29) is 19.5 Å². The molecule has 0 atom stereocenters. The van der Waals surface area contributed by atoms with Crippen molar-refractivity contribution in [3.05, 3.63) is 107 Å². The summed E-state index contributed by atoms with van der Waals surface area (Å²) < 4.78 is 21.8. The van der Waals surface area contributed by atoms with Crippen LogP contribution in [-0.2, 0) is 19.5 Å². The van der Waals surface area contributed by atoms with Crippen molar-refractivity contribution >= 4 is 22.6 Å². The molecule has 0 radical (unpaired) electrons. The number of hydrogen-bond donors (Lipinski definition) is 0. The average Bonchev–Trinajstić information content (AvgIpc) is 2.90. The predicted molar refractivity (Wildman–Crippen MR) is 144 cm³/mol. The van der Waals surface area contributed by atoms with Crippen LogP contribution in [0.25, 0.3) is 11.1 Å². The Labute approximate surface area is 229 Å². The number of ether oxygens (including phenoxy) is 4. The van der Waals surface area contributed by atoms with E-state index >= 15 is 0 Å². The Kier molecular flexibility index (Phi) is 14.7. The summed E-state index contributed by atoms with van der Waals surface area (Å²) in [4.78, 5) is 0. The van der Waals surface area contributed by atoms with Gasteiger partial charge in [-0.2, -0.15) is 0 Å². The molecule has 4 aromatic carbocycles. The molecule has 0 bridgehead atoms. The molecule has 0 spiro atoms. The maximum absolute atomic E-state index is 5.34. The van der Waals surface area contributed by atoms with Gasteiger partial charge in [0.2, 0.25) is 0 Å². The number of methoxy groups -OCH3 is 4. The number of para-hydroxylation sites is 4. The molecular weight excluding hydrogens is 593 g/mol. The van der Waals surface area contributed by atoms with Crippen LogP contribution in [0.2, 0.25) is 0 Å². The first-order valence-corrected chi connectivity index (χ1v) is 11.4. The Bertz CT molecular complexity index is 1040. The maximum Gasteiger partial charge on any atom is 0.132 e. The second kappa shape index (κ2) is 17.0. The van der Waals surface area contributed by atoms with Crippen molar-refractivity contribution in [2.75, 3.05) is 28.4 Å². The summed E-state index contributed by atoms with van der Waals surface area (Å²) in [7, 11) is 6.69. The van der Waals surface area contributed by atoms with E-state index < -0.39 is 0 Å². The molecule has 0 N–H and O–H groups in total. The van der Waals surface area contributed by atoms with E-state index in [4.69, 9.17) is 18.9 Å². The third-order valence-electron chi connectivity index (χ3n) is 4.54. The summed E-state index contributed by atoms with van der Waals surface area (Å²) in [5, 5.41) is 0. The molecule has 0 heterocycles. The average molecular weight is 622 g/mol. The van der Waals surface area contributed by atoms with Crippen LogP contribution in [0.3, 0.4) is 0 Å². The summed E-state index contributed by atoms with van der Waals surface area (Å²) in [6.07, 6.45) is 0. The molecule has 0 unspecified atom stereocenters. The molecule has 0 aliphatic carbocycles. The maximum atomic E-state index is 5.34. The fraction of sp³-hybridized carbons (Fsp3) is 0.143. The summed E-state index contributed by atoms with van der Waals surface area (Å²) in [6, 6.07) is 33.4. The van der Waals surface area contributed by atoms with E-state index in [1.165, 1.54) is 0 Å². The minimum absolute atomic E-state index is 0. The van der Waals surface area contributed by atoms with Crippen molar-refractivity contribution in [2.45, 2.75) is 0 Å². The van der Waals surface area contributed by atoms with Crippen LogP contribution in [0.4, 0.5) is 0 Å².